The van der Waals surface area contributed by atoms with Gasteiger partial charge in [-0.15, -0.1) is 0 Å². The first-order valence-electron chi connectivity index (χ1n) is 8.50. The Labute approximate surface area is 149 Å². The minimum atomic E-state index is 0.452. The lowest BCUT2D eigenvalue weighted by atomic mass is 10.0. The van der Waals surface area contributed by atoms with Crippen molar-refractivity contribution in [1.29, 1.82) is 0 Å². The number of methoxy groups -OCH3 is 1. The van der Waals surface area contributed by atoms with Gasteiger partial charge >= 0.3 is 0 Å². The third-order valence-electron chi connectivity index (χ3n) is 4.20. The molecule has 1 heterocycles. The Hall–Kier alpha value is -2.81. The Bertz CT molecular complexity index is 841. The van der Waals surface area contributed by atoms with Crippen LogP contribution in [0.4, 0.5) is 0 Å². The van der Waals surface area contributed by atoms with Gasteiger partial charge in [-0.3, -0.25) is 4.98 Å². The molecule has 2 aromatic carbocycles. The van der Waals surface area contributed by atoms with E-state index in [4.69, 9.17) is 9.47 Å². The zero-order valence-corrected chi connectivity index (χ0v) is 15.0. The maximum atomic E-state index is 5.93. The van der Waals surface area contributed by atoms with Gasteiger partial charge in [-0.05, 0) is 48.2 Å². The molecule has 0 N–H and O–H groups in total. The van der Waals surface area contributed by atoms with Crippen LogP contribution in [0.3, 0.4) is 0 Å². The minimum absolute atomic E-state index is 0.452. The van der Waals surface area contributed by atoms with Crippen molar-refractivity contribution >= 4 is 0 Å². The topological polar surface area (TPSA) is 31.4 Å². The van der Waals surface area contributed by atoms with E-state index in [1.54, 1.807) is 7.11 Å². The smallest absolute Gasteiger partial charge is 0.161 e. The molecule has 0 unspecified atom stereocenters. The van der Waals surface area contributed by atoms with E-state index in [1.165, 1.54) is 11.1 Å². The second-order valence-corrected chi connectivity index (χ2v) is 6.08. The van der Waals surface area contributed by atoms with Gasteiger partial charge in [0.15, 0.2) is 11.5 Å². The standard InChI is InChI=1S/C22H23NO2/c1-4-17-6-8-19(9-7-17)20-12-18(13-23-14-20)15-25-21-10-5-16(2)11-22(21)24-3/h5-14H,4,15H2,1-3H3. The molecular weight excluding hydrogens is 310 g/mol. The molecule has 0 radical (unpaired) electrons. The zero-order chi connectivity index (χ0) is 17.6. The summed E-state index contributed by atoms with van der Waals surface area (Å²) >= 11 is 0. The Balaban J connectivity index is 1.75. The van der Waals surface area contributed by atoms with Gasteiger partial charge in [-0.2, -0.15) is 0 Å². The Morgan fingerprint density at radius 2 is 1.64 bits per heavy atom. The number of aryl methyl sites for hydroxylation is 2. The van der Waals surface area contributed by atoms with E-state index in [9.17, 15) is 0 Å². The van der Waals surface area contributed by atoms with Crippen molar-refractivity contribution < 1.29 is 9.47 Å². The van der Waals surface area contributed by atoms with Crippen LogP contribution in [-0.4, -0.2) is 12.1 Å². The maximum Gasteiger partial charge on any atom is 0.161 e. The molecule has 128 valence electrons. The predicted octanol–water partition coefficient (Wildman–Crippen LogP) is 5.21. The molecule has 0 aliphatic rings. The molecule has 3 rings (SSSR count). The van der Waals surface area contributed by atoms with Crippen molar-refractivity contribution in [3.05, 3.63) is 77.6 Å². The van der Waals surface area contributed by atoms with E-state index < -0.39 is 0 Å². The van der Waals surface area contributed by atoms with Crippen molar-refractivity contribution in [2.75, 3.05) is 7.11 Å². The van der Waals surface area contributed by atoms with Crippen LogP contribution >= 0.6 is 0 Å². The van der Waals surface area contributed by atoms with E-state index in [1.807, 2.05) is 37.5 Å². The lowest BCUT2D eigenvalue weighted by molar-refractivity contribution is 0.284. The molecule has 1 aromatic heterocycles. The van der Waals surface area contributed by atoms with Crippen molar-refractivity contribution in [2.24, 2.45) is 0 Å². The van der Waals surface area contributed by atoms with Crippen LogP contribution in [0.5, 0.6) is 11.5 Å². The second kappa shape index (κ2) is 7.84. The molecule has 0 bridgehead atoms. The number of pyridine rings is 1. The summed E-state index contributed by atoms with van der Waals surface area (Å²) in [5.41, 5.74) is 5.77. The van der Waals surface area contributed by atoms with Gasteiger partial charge < -0.3 is 9.47 Å². The molecule has 3 nitrogen and oxygen atoms in total. The highest BCUT2D eigenvalue weighted by Gasteiger charge is 2.06. The van der Waals surface area contributed by atoms with E-state index in [0.29, 0.717) is 6.61 Å². The molecular formula is C22H23NO2. The fourth-order valence-corrected chi connectivity index (χ4v) is 2.71. The summed E-state index contributed by atoms with van der Waals surface area (Å²) in [4.78, 5) is 4.36. The van der Waals surface area contributed by atoms with E-state index >= 15 is 0 Å². The number of hydrogen-bond donors (Lipinski definition) is 0. The summed E-state index contributed by atoms with van der Waals surface area (Å²) in [6.45, 7) is 4.64. The SMILES string of the molecule is CCc1ccc(-c2cncc(COc3ccc(C)cc3OC)c2)cc1. The van der Waals surface area contributed by atoms with Gasteiger partial charge in [0.1, 0.15) is 6.61 Å². The third kappa shape index (κ3) is 4.18. The molecule has 3 aromatic rings. The molecule has 0 amide bonds. The molecule has 0 fully saturated rings. The van der Waals surface area contributed by atoms with E-state index in [-0.39, 0.29) is 0 Å². The van der Waals surface area contributed by atoms with Gasteiger partial charge in [0.25, 0.3) is 0 Å². The highest BCUT2D eigenvalue weighted by molar-refractivity contribution is 5.63. The summed E-state index contributed by atoms with van der Waals surface area (Å²) in [7, 11) is 1.66. The van der Waals surface area contributed by atoms with Crippen LogP contribution in [0.2, 0.25) is 0 Å². The number of aromatic nitrogens is 1. The summed E-state index contributed by atoms with van der Waals surface area (Å²) < 4.78 is 11.3. The van der Waals surface area contributed by atoms with Crippen LogP contribution in [0.25, 0.3) is 11.1 Å². The Morgan fingerprint density at radius 1 is 0.840 bits per heavy atom. The average Bonchev–Trinajstić information content (AvgIpc) is 2.67. The van der Waals surface area contributed by atoms with Crippen LogP contribution in [0, 0.1) is 6.92 Å². The van der Waals surface area contributed by atoms with E-state index in [0.717, 1.165) is 34.6 Å². The van der Waals surface area contributed by atoms with Crippen molar-refractivity contribution in [2.45, 2.75) is 26.9 Å². The Morgan fingerprint density at radius 3 is 2.36 bits per heavy atom. The number of ether oxygens (including phenoxy) is 2. The first kappa shape index (κ1) is 17.0. The largest absolute Gasteiger partial charge is 0.493 e. The summed E-state index contributed by atoms with van der Waals surface area (Å²) in [6, 6.07) is 16.7. The molecule has 0 aliphatic heterocycles. The quantitative estimate of drug-likeness (QED) is 0.621. The predicted molar refractivity (Wildman–Crippen MR) is 101 cm³/mol. The molecule has 0 atom stereocenters. The van der Waals surface area contributed by atoms with E-state index in [2.05, 4.69) is 42.2 Å². The molecule has 0 saturated heterocycles. The first-order valence-corrected chi connectivity index (χ1v) is 8.50. The molecule has 0 aliphatic carbocycles. The zero-order valence-electron chi connectivity index (χ0n) is 15.0. The highest BCUT2D eigenvalue weighted by atomic mass is 16.5. The number of hydrogen-bond acceptors (Lipinski definition) is 3. The second-order valence-electron chi connectivity index (χ2n) is 6.08. The number of nitrogens with zero attached hydrogens (tertiary/aromatic N) is 1. The van der Waals surface area contributed by atoms with Gasteiger partial charge in [-0.1, -0.05) is 37.3 Å². The van der Waals surface area contributed by atoms with Crippen LogP contribution in [-0.2, 0) is 13.0 Å². The molecule has 0 spiro atoms. The number of benzene rings is 2. The van der Waals surface area contributed by atoms with Gasteiger partial charge in [0.05, 0.1) is 7.11 Å². The van der Waals surface area contributed by atoms with Gasteiger partial charge in [-0.25, -0.2) is 0 Å². The summed E-state index contributed by atoms with van der Waals surface area (Å²) in [5.74, 6) is 1.49. The maximum absolute atomic E-state index is 5.93. The summed E-state index contributed by atoms with van der Waals surface area (Å²) in [5, 5.41) is 0. The lowest BCUT2D eigenvalue weighted by Crippen LogP contribution is -1.99. The average molecular weight is 333 g/mol. The molecule has 3 heteroatoms. The monoisotopic (exact) mass is 333 g/mol. The van der Waals surface area contributed by atoms with Crippen LogP contribution in [0.1, 0.15) is 23.6 Å². The fraction of sp³-hybridized carbons (Fsp3) is 0.227. The lowest BCUT2D eigenvalue weighted by Gasteiger charge is -2.12. The van der Waals surface area contributed by atoms with Crippen molar-refractivity contribution in [1.82, 2.24) is 4.98 Å². The van der Waals surface area contributed by atoms with Gasteiger partial charge in [0, 0.05) is 23.5 Å². The third-order valence-corrected chi connectivity index (χ3v) is 4.20. The summed E-state index contributed by atoms with van der Waals surface area (Å²) in [6.07, 6.45) is 4.77. The Kier molecular flexibility index (Phi) is 5.34. The highest BCUT2D eigenvalue weighted by Crippen LogP contribution is 2.29. The van der Waals surface area contributed by atoms with Crippen LogP contribution in [0.15, 0.2) is 60.9 Å². The normalized spacial score (nSPS) is 10.5. The molecule has 25 heavy (non-hydrogen) atoms. The van der Waals surface area contributed by atoms with Crippen molar-refractivity contribution in [3.8, 4) is 22.6 Å². The van der Waals surface area contributed by atoms with Gasteiger partial charge in [0.2, 0.25) is 0 Å². The molecule has 0 saturated carbocycles. The minimum Gasteiger partial charge on any atom is -0.493 e. The van der Waals surface area contributed by atoms with Crippen molar-refractivity contribution in [3.63, 3.8) is 0 Å². The number of rotatable bonds is 6. The van der Waals surface area contributed by atoms with Crippen LogP contribution < -0.4 is 9.47 Å². The first-order chi connectivity index (χ1) is 12.2. The fourth-order valence-electron chi connectivity index (χ4n) is 2.71.